The van der Waals surface area contributed by atoms with E-state index in [1.165, 1.54) is 37.4 Å². The number of fused-ring (bicyclic) bond motifs is 1. The van der Waals surface area contributed by atoms with Crippen LogP contribution in [-0.2, 0) is 21.1 Å². The van der Waals surface area contributed by atoms with Crippen LogP contribution in [0.25, 0.3) is 0 Å². The van der Waals surface area contributed by atoms with Crippen molar-refractivity contribution in [2.24, 2.45) is 0 Å². The van der Waals surface area contributed by atoms with Crippen LogP contribution >= 0.6 is 23.2 Å². The predicted octanol–water partition coefficient (Wildman–Crippen LogP) is 3.22. The molecule has 0 radical (unpaired) electrons. The Hall–Kier alpha value is -1.96. The molecule has 1 aliphatic heterocycles. The average Bonchev–Trinajstić information content (AvgIpc) is 3.03. The van der Waals surface area contributed by atoms with Gasteiger partial charge in [-0.15, -0.1) is 0 Å². The monoisotopic (exact) mass is 402 g/mol. The maximum atomic E-state index is 12.9. The highest BCUT2D eigenvalue weighted by Gasteiger charge is 2.35. The van der Waals surface area contributed by atoms with Crippen molar-refractivity contribution in [3.8, 4) is 11.5 Å². The minimum absolute atomic E-state index is 0.00664. The number of hydrogen-bond acceptors (Lipinski definition) is 5. The van der Waals surface area contributed by atoms with Crippen molar-refractivity contribution in [3.63, 3.8) is 0 Å². The fourth-order valence-electron chi connectivity index (χ4n) is 2.51. The fourth-order valence-corrected chi connectivity index (χ4v) is 4.67. The van der Waals surface area contributed by atoms with Crippen molar-refractivity contribution in [2.45, 2.75) is 22.3 Å². The lowest BCUT2D eigenvalue weighted by Crippen LogP contribution is -2.24. The van der Waals surface area contributed by atoms with Crippen LogP contribution in [0.5, 0.6) is 11.5 Å². The molecule has 1 aliphatic rings. The summed E-state index contributed by atoms with van der Waals surface area (Å²) in [4.78, 5) is 10.9. The Morgan fingerprint density at radius 3 is 2.44 bits per heavy atom. The van der Waals surface area contributed by atoms with Gasteiger partial charge < -0.3 is 14.6 Å². The van der Waals surface area contributed by atoms with Crippen LogP contribution in [0.4, 0.5) is 0 Å². The van der Waals surface area contributed by atoms with Gasteiger partial charge in [-0.25, -0.2) is 13.2 Å². The van der Waals surface area contributed by atoms with E-state index in [0.717, 1.165) is 0 Å². The first-order chi connectivity index (χ1) is 11.8. The van der Waals surface area contributed by atoms with E-state index in [4.69, 9.17) is 37.8 Å². The van der Waals surface area contributed by atoms with Crippen LogP contribution < -0.4 is 9.47 Å². The van der Waals surface area contributed by atoms with E-state index < -0.39 is 21.9 Å². The highest BCUT2D eigenvalue weighted by atomic mass is 35.5. The molecular formula is C16H12Cl2O6S. The van der Waals surface area contributed by atoms with E-state index in [-0.39, 0.29) is 32.0 Å². The molecule has 1 unspecified atom stereocenters. The van der Waals surface area contributed by atoms with Crippen LogP contribution in [0, 0.1) is 0 Å². The molecule has 9 heteroatoms. The van der Waals surface area contributed by atoms with Gasteiger partial charge in [0.2, 0.25) is 9.84 Å². The van der Waals surface area contributed by atoms with Gasteiger partial charge in [0.1, 0.15) is 16.5 Å². The van der Waals surface area contributed by atoms with Gasteiger partial charge in [-0.3, -0.25) is 0 Å². The molecule has 25 heavy (non-hydrogen) atoms. The highest BCUT2D eigenvalue weighted by molar-refractivity contribution is 7.91. The zero-order valence-corrected chi connectivity index (χ0v) is 15.2. The van der Waals surface area contributed by atoms with Gasteiger partial charge in [-0.05, 0) is 30.3 Å². The molecule has 0 amide bonds. The second-order valence-electron chi connectivity index (χ2n) is 5.32. The van der Waals surface area contributed by atoms with Gasteiger partial charge in [0, 0.05) is 12.0 Å². The number of carboxylic acid groups (broad SMARTS) is 1. The van der Waals surface area contributed by atoms with E-state index >= 15 is 0 Å². The van der Waals surface area contributed by atoms with Gasteiger partial charge in [-0.1, -0.05) is 23.2 Å². The summed E-state index contributed by atoms with van der Waals surface area (Å²) in [5.74, 6) is -0.551. The Balaban J connectivity index is 2.10. The lowest BCUT2D eigenvalue weighted by Gasteiger charge is -2.11. The molecule has 1 heterocycles. The molecule has 0 aromatic heterocycles. The Morgan fingerprint density at radius 2 is 1.88 bits per heavy atom. The van der Waals surface area contributed by atoms with Crippen molar-refractivity contribution in [1.29, 1.82) is 0 Å². The minimum atomic E-state index is -3.95. The Morgan fingerprint density at radius 1 is 1.24 bits per heavy atom. The van der Waals surface area contributed by atoms with Gasteiger partial charge in [0.15, 0.2) is 6.10 Å². The zero-order chi connectivity index (χ0) is 18.4. The molecule has 0 fully saturated rings. The third-order valence-corrected chi connectivity index (χ3v) is 6.56. The maximum Gasteiger partial charge on any atom is 0.345 e. The number of carboxylic acids is 1. The van der Waals surface area contributed by atoms with E-state index in [9.17, 15) is 13.2 Å². The van der Waals surface area contributed by atoms with E-state index in [1.807, 2.05) is 0 Å². The summed E-state index contributed by atoms with van der Waals surface area (Å²) in [6.45, 7) is 0. The standard InChI is InChI=1S/C16H12Cl2O6S/c1-23-9-2-4-10(5-3-9)25(21,22)12-7-8-6-11(16(19)20)24-15(8)14(18)13(12)17/h2-5,7,11H,6H2,1H3,(H,19,20). The summed E-state index contributed by atoms with van der Waals surface area (Å²) >= 11 is 12.3. The number of aliphatic carboxylic acids is 1. The first-order valence-electron chi connectivity index (χ1n) is 7.05. The third-order valence-electron chi connectivity index (χ3n) is 3.81. The largest absolute Gasteiger partial charge is 0.497 e. The number of methoxy groups -OCH3 is 1. The molecule has 132 valence electrons. The smallest absolute Gasteiger partial charge is 0.345 e. The summed E-state index contributed by atoms with van der Waals surface area (Å²) in [5.41, 5.74) is 0.383. The summed E-state index contributed by atoms with van der Waals surface area (Å²) < 4.78 is 36.0. The maximum absolute atomic E-state index is 12.9. The number of halogens is 2. The van der Waals surface area contributed by atoms with E-state index in [0.29, 0.717) is 11.3 Å². The molecular weight excluding hydrogens is 391 g/mol. The van der Waals surface area contributed by atoms with Crippen LogP contribution in [-0.4, -0.2) is 32.7 Å². The van der Waals surface area contributed by atoms with E-state index in [2.05, 4.69) is 0 Å². The summed E-state index contributed by atoms with van der Waals surface area (Å²) in [7, 11) is -2.48. The summed E-state index contributed by atoms with van der Waals surface area (Å²) in [5, 5.41) is 8.75. The van der Waals surface area contributed by atoms with Crippen molar-refractivity contribution in [1.82, 2.24) is 0 Å². The Labute approximate surface area is 153 Å². The summed E-state index contributed by atoms with van der Waals surface area (Å²) in [6.07, 6.45) is -1.12. The average molecular weight is 403 g/mol. The topological polar surface area (TPSA) is 89.9 Å². The second-order valence-corrected chi connectivity index (χ2v) is 7.99. The van der Waals surface area contributed by atoms with Crippen LogP contribution in [0.2, 0.25) is 10.0 Å². The number of rotatable bonds is 4. The molecule has 1 N–H and O–H groups in total. The minimum Gasteiger partial charge on any atom is -0.497 e. The zero-order valence-electron chi connectivity index (χ0n) is 12.8. The highest BCUT2D eigenvalue weighted by Crippen LogP contribution is 2.45. The Bertz CT molecular complexity index is 954. The SMILES string of the molecule is COc1ccc(S(=O)(=O)c2cc3c(c(Cl)c2Cl)OC(C(=O)O)C3)cc1. The number of ether oxygens (including phenoxy) is 2. The molecule has 2 aromatic rings. The molecule has 6 nitrogen and oxygen atoms in total. The third kappa shape index (κ3) is 3.03. The fraction of sp³-hybridized carbons (Fsp3) is 0.188. The lowest BCUT2D eigenvalue weighted by atomic mass is 10.1. The first kappa shape index (κ1) is 17.8. The number of carbonyl (C=O) groups is 1. The molecule has 0 aliphatic carbocycles. The normalized spacial score (nSPS) is 16.2. The lowest BCUT2D eigenvalue weighted by molar-refractivity contribution is -0.144. The van der Waals surface area contributed by atoms with Gasteiger partial charge in [0.25, 0.3) is 0 Å². The Kier molecular flexibility index (Phi) is 4.57. The quantitative estimate of drug-likeness (QED) is 0.843. The number of sulfone groups is 1. The molecule has 0 saturated carbocycles. The van der Waals surface area contributed by atoms with Gasteiger partial charge in [0.05, 0.1) is 21.9 Å². The van der Waals surface area contributed by atoms with Crippen LogP contribution in [0.15, 0.2) is 40.1 Å². The predicted molar refractivity (Wildman–Crippen MR) is 90.7 cm³/mol. The van der Waals surface area contributed by atoms with Crippen molar-refractivity contribution < 1.29 is 27.8 Å². The first-order valence-corrected chi connectivity index (χ1v) is 9.29. The van der Waals surface area contributed by atoms with Gasteiger partial charge in [-0.2, -0.15) is 0 Å². The number of benzene rings is 2. The molecule has 2 aromatic carbocycles. The molecule has 0 saturated heterocycles. The molecule has 0 spiro atoms. The number of hydrogen-bond donors (Lipinski definition) is 1. The second kappa shape index (κ2) is 6.40. The van der Waals surface area contributed by atoms with Crippen molar-refractivity contribution in [3.05, 3.63) is 45.9 Å². The van der Waals surface area contributed by atoms with Gasteiger partial charge >= 0.3 is 5.97 Å². The van der Waals surface area contributed by atoms with E-state index in [1.54, 1.807) is 0 Å². The molecule has 0 bridgehead atoms. The van der Waals surface area contributed by atoms with Crippen molar-refractivity contribution in [2.75, 3.05) is 7.11 Å². The van der Waals surface area contributed by atoms with Crippen LogP contribution in [0.3, 0.4) is 0 Å². The van der Waals surface area contributed by atoms with Crippen molar-refractivity contribution >= 4 is 39.0 Å². The molecule has 3 rings (SSSR count). The molecule has 1 atom stereocenters. The van der Waals surface area contributed by atoms with Crippen LogP contribution in [0.1, 0.15) is 5.56 Å². The summed E-state index contributed by atoms with van der Waals surface area (Å²) in [6, 6.07) is 7.12.